The van der Waals surface area contributed by atoms with E-state index >= 15 is 0 Å². The summed E-state index contributed by atoms with van der Waals surface area (Å²) in [6, 6.07) is 14.3. The molecular weight excluding hydrogens is 390 g/mol. The summed E-state index contributed by atoms with van der Waals surface area (Å²) in [5, 5.41) is 6.90. The first kappa shape index (κ1) is 20.3. The van der Waals surface area contributed by atoms with Gasteiger partial charge in [0.2, 0.25) is 5.13 Å². The minimum absolute atomic E-state index is 0.373. The van der Waals surface area contributed by atoms with Crippen LogP contribution in [0.3, 0.4) is 0 Å². The number of nitrogens with one attached hydrogen (secondary N) is 1. The minimum atomic E-state index is -0.373. The summed E-state index contributed by atoms with van der Waals surface area (Å²) in [6.07, 6.45) is 1.72. The Kier molecular flexibility index (Phi) is 7.18. The van der Waals surface area contributed by atoms with Gasteiger partial charge in [-0.05, 0) is 61.0 Å². The van der Waals surface area contributed by atoms with E-state index in [0.717, 1.165) is 22.1 Å². The van der Waals surface area contributed by atoms with Gasteiger partial charge in [-0.15, -0.1) is 11.3 Å². The highest BCUT2D eigenvalue weighted by molar-refractivity contribution is 7.13. The maximum absolute atomic E-state index is 11.4. The summed E-state index contributed by atoms with van der Waals surface area (Å²) < 4.78 is 15.9. The number of hydrogen-bond acceptors (Lipinski definition) is 8. The zero-order valence-corrected chi connectivity index (χ0v) is 16.9. The molecule has 29 heavy (non-hydrogen) atoms. The fourth-order valence-corrected chi connectivity index (χ4v) is 2.98. The first-order valence-corrected chi connectivity index (χ1v) is 9.77. The Morgan fingerprint density at radius 2 is 1.69 bits per heavy atom. The number of thiazole rings is 1. The van der Waals surface area contributed by atoms with E-state index in [2.05, 4.69) is 20.2 Å². The number of rotatable bonds is 9. The highest BCUT2D eigenvalue weighted by Crippen LogP contribution is 2.15. The van der Waals surface area contributed by atoms with Crippen molar-refractivity contribution in [3.05, 3.63) is 70.7 Å². The fourth-order valence-electron chi connectivity index (χ4n) is 2.34. The second-order valence-electron chi connectivity index (χ2n) is 5.95. The molecule has 0 unspecified atom stereocenters. The quantitative estimate of drug-likeness (QED) is 0.247. The summed E-state index contributed by atoms with van der Waals surface area (Å²) in [5.74, 6) is 1.04. The second kappa shape index (κ2) is 10.2. The van der Waals surface area contributed by atoms with E-state index in [9.17, 15) is 4.79 Å². The standard InChI is InChI=1S/C21H21N3O4S/c1-15-14-29-21(23-15)24-22-13-16-3-7-18(8-4-16)27-11-12-28-19-9-5-17(6-10-19)20(25)26-2/h3-10,13-14H,11-12H2,1-2H3,(H,23,24). The Morgan fingerprint density at radius 3 is 2.24 bits per heavy atom. The Labute approximate surface area is 173 Å². The van der Waals surface area contributed by atoms with Crippen LogP contribution in [0, 0.1) is 6.92 Å². The highest BCUT2D eigenvalue weighted by atomic mass is 32.1. The predicted octanol–water partition coefficient (Wildman–Crippen LogP) is 4.14. The van der Waals surface area contributed by atoms with Crippen LogP contribution in [0.1, 0.15) is 21.6 Å². The van der Waals surface area contributed by atoms with Crippen LogP contribution in [0.4, 0.5) is 5.13 Å². The summed E-state index contributed by atoms with van der Waals surface area (Å²) in [5.41, 5.74) is 5.30. The lowest BCUT2D eigenvalue weighted by molar-refractivity contribution is 0.0600. The monoisotopic (exact) mass is 411 g/mol. The van der Waals surface area contributed by atoms with Crippen LogP contribution in [0.2, 0.25) is 0 Å². The molecule has 3 aromatic rings. The fraction of sp³-hybridized carbons (Fsp3) is 0.190. The zero-order valence-electron chi connectivity index (χ0n) is 16.1. The Hall–Kier alpha value is -3.39. The van der Waals surface area contributed by atoms with E-state index < -0.39 is 0 Å². The lowest BCUT2D eigenvalue weighted by Crippen LogP contribution is -2.09. The SMILES string of the molecule is COC(=O)c1ccc(OCCOc2ccc(C=NNc3nc(C)cs3)cc2)cc1. The predicted molar refractivity (Wildman–Crippen MR) is 113 cm³/mol. The van der Waals surface area contributed by atoms with E-state index in [-0.39, 0.29) is 5.97 Å². The molecule has 1 N–H and O–H groups in total. The first-order valence-electron chi connectivity index (χ1n) is 8.89. The molecule has 0 aliphatic rings. The van der Waals surface area contributed by atoms with Crippen LogP contribution in [-0.4, -0.2) is 37.5 Å². The molecule has 0 spiro atoms. The van der Waals surface area contributed by atoms with Crippen molar-refractivity contribution in [3.8, 4) is 11.5 Å². The summed E-state index contributed by atoms with van der Waals surface area (Å²) in [4.78, 5) is 15.7. The van der Waals surface area contributed by atoms with Crippen molar-refractivity contribution in [1.82, 2.24) is 4.98 Å². The molecule has 0 amide bonds. The number of ether oxygens (including phenoxy) is 3. The number of carbonyl (C=O) groups excluding carboxylic acids is 1. The molecule has 8 heteroatoms. The molecule has 1 aromatic heterocycles. The number of anilines is 1. The molecule has 0 fully saturated rings. The summed E-state index contributed by atoms with van der Waals surface area (Å²) in [6.45, 7) is 2.73. The van der Waals surface area contributed by atoms with E-state index in [1.54, 1.807) is 30.5 Å². The van der Waals surface area contributed by atoms with Gasteiger partial charge in [0.15, 0.2) is 0 Å². The van der Waals surface area contributed by atoms with Crippen molar-refractivity contribution in [2.24, 2.45) is 5.10 Å². The molecule has 7 nitrogen and oxygen atoms in total. The third-order valence-corrected chi connectivity index (χ3v) is 4.63. The number of methoxy groups -OCH3 is 1. The molecule has 2 aromatic carbocycles. The maximum Gasteiger partial charge on any atom is 0.337 e. The van der Waals surface area contributed by atoms with Crippen molar-refractivity contribution in [2.75, 3.05) is 25.7 Å². The van der Waals surface area contributed by atoms with E-state index in [1.807, 2.05) is 36.6 Å². The van der Waals surface area contributed by atoms with Crippen molar-refractivity contribution in [2.45, 2.75) is 6.92 Å². The molecule has 0 saturated heterocycles. The second-order valence-corrected chi connectivity index (χ2v) is 6.80. The molecule has 0 saturated carbocycles. The van der Waals surface area contributed by atoms with Gasteiger partial charge in [0.05, 0.1) is 24.6 Å². The van der Waals surface area contributed by atoms with Crippen molar-refractivity contribution < 1.29 is 19.0 Å². The average molecular weight is 411 g/mol. The van der Waals surface area contributed by atoms with Crippen LogP contribution in [-0.2, 0) is 4.74 Å². The number of hydrazone groups is 1. The van der Waals surface area contributed by atoms with Gasteiger partial charge in [-0.2, -0.15) is 5.10 Å². The normalized spacial score (nSPS) is 10.7. The number of hydrogen-bond donors (Lipinski definition) is 1. The third-order valence-electron chi connectivity index (χ3n) is 3.77. The Bertz CT molecular complexity index is 953. The molecule has 0 atom stereocenters. The number of esters is 1. The van der Waals surface area contributed by atoms with Gasteiger partial charge in [-0.1, -0.05) is 0 Å². The van der Waals surface area contributed by atoms with E-state index in [4.69, 9.17) is 9.47 Å². The van der Waals surface area contributed by atoms with Crippen LogP contribution in [0.5, 0.6) is 11.5 Å². The molecule has 0 aliphatic carbocycles. The van der Waals surface area contributed by atoms with Crippen molar-refractivity contribution >= 4 is 28.7 Å². The van der Waals surface area contributed by atoms with Crippen LogP contribution < -0.4 is 14.9 Å². The summed E-state index contributed by atoms with van der Waals surface area (Å²) >= 11 is 1.51. The number of nitrogens with zero attached hydrogens (tertiary/aromatic N) is 2. The molecule has 1 heterocycles. The average Bonchev–Trinajstić information content (AvgIpc) is 3.17. The van der Waals surface area contributed by atoms with Crippen LogP contribution >= 0.6 is 11.3 Å². The first-order chi connectivity index (χ1) is 14.1. The lowest BCUT2D eigenvalue weighted by Gasteiger charge is -2.09. The summed E-state index contributed by atoms with van der Waals surface area (Å²) in [7, 11) is 1.35. The largest absolute Gasteiger partial charge is 0.490 e. The zero-order chi connectivity index (χ0) is 20.5. The van der Waals surface area contributed by atoms with Gasteiger partial charge >= 0.3 is 5.97 Å². The Morgan fingerprint density at radius 1 is 1.07 bits per heavy atom. The molecule has 0 aliphatic heterocycles. The van der Waals surface area contributed by atoms with E-state index in [0.29, 0.717) is 24.5 Å². The van der Waals surface area contributed by atoms with Gasteiger partial charge < -0.3 is 14.2 Å². The van der Waals surface area contributed by atoms with Gasteiger partial charge in [0, 0.05) is 5.38 Å². The number of aryl methyl sites for hydroxylation is 1. The van der Waals surface area contributed by atoms with Crippen LogP contribution in [0.15, 0.2) is 59.0 Å². The van der Waals surface area contributed by atoms with Crippen LogP contribution in [0.25, 0.3) is 0 Å². The molecule has 150 valence electrons. The van der Waals surface area contributed by atoms with Gasteiger partial charge in [-0.3, -0.25) is 5.43 Å². The lowest BCUT2D eigenvalue weighted by atomic mass is 10.2. The number of benzene rings is 2. The smallest absolute Gasteiger partial charge is 0.337 e. The van der Waals surface area contributed by atoms with Crippen molar-refractivity contribution in [3.63, 3.8) is 0 Å². The number of carbonyl (C=O) groups is 1. The maximum atomic E-state index is 11.4. The molecule has 0 radical (unpaired) electrons. The highest BCUT2D eigenvalue weighted by Gasteiger charge is 2.04. The van der Waals surface area contributed by atoms with Crippen molar-refractivity contribution in [1.29, 1.82) is 0 Å². The van der Waals surface area contributed by atoms with Gasteiger partial charge in [0.25, 0.3) is 0 Å². The Balaban J connectivity index is 1.39. The van der Waals surface area contributed by atoms with Gasteiger partial charge in [0.1, 0.15) is 24.7 Å². The minimum Gasteiger partial charge on any atom is -0.490 e. The molecule has 3 rings (SSSR count). The molecule has 0 bridgehead atoms. The van der Waals surface area contributed by atoms with E-state index in [1.165, 1.54) is 18.4 Å². The molecular formula is C21H21N3O4S. The van der Waals surface area contributed by atoms with Gasteiger partial charge in [-0.25, -0.2) is 9.78 Å². The topological polar surface area (TPSA) is 82.0 Å². The number of aromatic nitrogens is 1. The third kappa shape index (κ3) is 6.32.